The maximum Gasteiger partial charge on any atom is 0.420 e. The molecule has 0 radical (unpaired) electrons. The van der Waals surface area contributed by atoms with Gasteiger partial charge in [-0.05, 0) is 57.4 Å². The zero-order chi connectivity index (χ0) is 25.9. The highest BCUT2D eigenvalue weighted by Crippen LogP contribution is 2.42. The predicted molar refractivity (Wildman–Crippen MR) is 121 cm³/mol. The van der Waals surface area contributed by atoms with Crippen LogP contribution >= 0.6 is 0 Å². The van der Waals surface area contributed by atoms with Crippen LogP contribution in [0.4, 0.5) is 23.2 Å². The summed E-state index contributed by atoms with van der Waals surface area (Å²) in [5, 5.41) is 19.1. The molecule has 2 aromatic heterocycles. The van der Waals surface area contributed by atoms with Gasteiger partial charge in [0.15, 0.2) is 0 Å². The number of carbonyl (C=O) groups excluding carboxylic acids is 1. The maximum absolute atomic E-state index is 13.8. The maximum atomic E-state index is 13.8. The largest absolute Gasteiger partial charge is 0.420 e. The Bertz CT molecular complexity index is 1250. The van der Waals surface area contributed by atoms with Crippen molar-refractivity contribution in [2.45, 2.75) is 64.8 Å². The summed E-state index contributed by atoms with van der Waals surface area (Å²) < 4.78 is 57.5. The van der Waals surface area contributed by atoms with E-state index in [1.54, 1.807) is 16.8 Å². The number of hydrogen-bond donors (Lipinski definition) is 1. The molecule has 35 heavy (non-hydrogen) atoms. The molecule has 0 aliphatic carbocycles. The Hall–Kier alpha value is -3.21. The molecule has 1 amide bonds. The van der Waals surface area contributed by atoms with Gasteiger partial charge in [0, 0.05) is 6.54 Å². The number of benzene rings is 1. The van der Waals surface area contributed by atoms with Gasteiger partial charge in [-0.25, -0.2) is 9.07 Å². The second-order valence-electron chi connectivity index (χ2n) is 9.56. The van der Waals surface area contributed by atoms with Gasteiger partial charge in [-0.1, -0.05) is 13.8 Å². The minimum atomic E-state index is -4.74. The lowest BCUT2D eigenvalue weighted by Gasteiger charge is -2.25. The average molecular weight is 494 g/mol. The first-order chi connectivity index (χ1) is 16.2. The molecule has 1 aliphatic rings. The quantitative estimate of drug-likeness (QED) is 0.515. The fourth-order valence-corrected chi connectivity index (χ4v) is 4.72. The fraction of sp³-hybridized carbons (Fsp3) is 0.458. The van der Waals surface area contributed by atoms with Gasteiger partial charge >= 0.3 is 6.18 Å². The highest BCUT2D eigenvalue weighted by molar-refractivity contribution is 5.99. The van der Waals surface area contributed by atoms with E-state index in [9.17, 15) is 27.5 Å². The van der Waals surface area contributed by atoms with Gasteiger partial charge in [0.1, 0.15) is 23.0 Å². The van der Waals surface area contributed by atoms with Crippen LogP contribution in [0.1, 0.15) is 68.7 Å². The van der Waals surface area contributed by atoms with E-state index >= 15 is 0 Å². The van der Waals surface area contributed by atoms with Crippen molar-refractivity contribution in [3.05, 3.63) is 58.9 Å². The molecule has 1 saturated heterocycles. The van der Waals surface area contributed by atoms with Crippen LogP contribution in [-0.4, -0.2) is 37.1 Å². The summed E-state index contributed by atoms with van der Waals surface area (Å²) in [6.45, 7) is 7.81. The van der Waals surface area contributed by atoms with E-state index in [0.717, 1.165) is 4.68 Å². The number of aliphatic hydroxyl groups is 1. The summed E-state index contributed by atoms with van der Waals surface area (Å²) >= 11 is 0. The lowest BCUT2D eigenvalue weighted by molar-refractivity contribution is -0.141. The molecule has 0 spiro atoms. The molecule has 4 rings (SSSR count). The van der Waals surface area contributed by atoms with E-state index in [-0.39, 0.29) is 30.4 Å². The van der Waals surface area contributed by atoms with E-state index in [0.29, 0.717) is 17.1 Å². The summed E-state index contributed by atoms with van der Waals surface area (Å²) in [6, 6.07) is 4.77. The molecule has 3 aromatic rings. The molecular weight excluding hydrogens is 466 g/mol. The van der Waals surface area contributed by atoms with Crippen molar-refractivity contribution >= 4 is 11.6 Å². The summed E-state index contributed by atoms with van der Waals surface area (Å²) in [6.07, 6.45) is -2.99. The Labute approximate surface area is 200 Å². The highest BCUT2D eigenvalue weighted by Gasteiger charge is 2.46. The summed E-state index contributed by atoms with van der Waals surface area (Å²) in [4.78, 5) is 15.0. The number of amides is 1. The van der Waals surface area contributed by atoms with Crippen molar-refractivity contribution in [1.82, 2.24) is 19.6 Å². The van der Waals surface area contributed by atoms with E-state index in [4.69, 9.17) is 0 Å². The number of aromatic nitrogens is 4. The number of hydrogen-bond acceptors (Lipinski definition) is 4. The summed E-state index contributed by atoms with van der Waals surface area (Å²) in [7, 11) is 0. The first-order valence-electron chi connectivity index (χ1n) is 11.3. The zero-order valence-corrected chi connectivity index (χ0v) is 20.1. The smallest absolute Gasteiger partial charge is 0.384 e. The second kappa shape index (κ2) is 8.47. The van der Waals surface area contributed by atoms with Gasteiger partial charge in [-0.3, -0.25) is 9.48 Å². The Morgan fingerprint density at radius 2 is 1.77 bits per heavy atom. The number of halogens is 4. The molecule has 7 nitrogen and oxygen atoms in total. The first kappa shape index (κ1) is 24.9. The van der Waals surface area contributed by atoms with Crippen LogP contribution in [0.25, 0.3) is 5.69 Å². The minimum Gasteiger partial charge on any atom is -0.384 e. The number of alkyl halides is 3. The molecule has 1 aromatic carbocycles. The van der Waals surface area contributed by atoms with Crippen molar-refractivity contribution in [3.63, 3.8) is 0 Å². The molecule has 0 saturated carbocycles. The monoisotopic (exact) mass is 493 g/mol. The minimum absolute atomic E-state index is 0.0693. The molecule has 11 heteroatoms. The third-order valence-electron chi connectivity index (χ3n) is 6.12. The molecule has 1 N–H and O–H groups in total. The molecule has 3 heterocycles. The third kappa shape index (κ3) is 4.33. The molecule has 1 atom stereocenters. The van der Waals surface area contributed by atoms with Gasteiger partial charge < -0.3 is 10.0 Å². The highest BCUT2D eigenvalue weighted by atomic mass is 19.4. The van der Waals surface area contributed by atoms with Crippen molar-refractivity contribution in [3.8, 4) is 5.69 Å². The van der Waals surface area contributed by atoms with Crippen molar-refractivity contribution in [2.24, 2.45) is 0 Å². The van der Waals surface area contributed by atoms with Gasteiger partial charge in [0.2, 0.25) is 0 Å². The fourth-order valence-electron chi connectivity index (χ4n) is 4.72. The zero-order valence-electron chi connectivity index (χ0n) is 20.1. The van der Waals surface area contributed by atoms with Gasteiger partial charge in [-0.2, -0.15) is 23.4 Å². The number of rotatable bonds is 5. The van der Waals surface area contributed by atoms with Crippen LogP contribution in [-0.2, 0) is 16.6 Å². The van der Waals surface area contributed by atoms with E-state index in [1.165, 1.54) is 44.0 Å². The molecule has 1 fully saturated rings. The second-order valence-corrected chi connectivity index (χ2v) is 9.56. The molecule has 1 unspecified atom stereocenters. The van der Waals surface area contributed by atoms with Crippen molar-refractivity contribution < 1.29 is 27.5 Å². The molecular formula is C24H27F4N5O2. The first-order valence-corrected chi connectivity index (χ1v) is 11.3. The normalized spacial score (nSPS) is 17.2. The number of carbonyl (C=O) groups is 1. The van der Waals surface area contributed by atoms with Crippen LogP contribution in [0.5, 0.6) is 0 Å². The van der Waals surface area contributed by atoms with Crippen LogP contribution in [0.2, 0.25) is 0 Å². The predicted octanol–water partition coefficient (Wildman–Crippen LogP) is 4.86. The van der Waals surface area contributed by atoms with Crippen LogP contribution < -0.4 is 4.90 Å². The standard InChI is InChI=1S/C24H27F4N5O2/c1-13(2)20-18(12-29-32(20)16-8-6-15(25)7-9-16)31-11-10-17(22(31)34)33-21(23(4,5)35)19(14(3)30-33)24(26,27)28/h6-9,12-13,17,35H,10-11H2,1-5H3. The Kier molecular flexibility index (Phi) is 6.03. The van der Waals surface area contributed by atoms with Crippen molar-refractivity contribution in [1.29, 1.82) is 0 Å². The Morgan fingerprint density at radius 3 is 2.31 bits per heavy atom. The number of aryl methyl sites for hydroxylation is 1. The van der Waals surface area contributed by atoms with E-state index < -0.39 is 35.0 Å². The molecule has 1 aliphatic heterocycles. The molecule has 0 bridgehead atoms. The van der Waals surface area contributed by atoms with Crippen LogP contribution in [0.15, 0.2) is 30.5 Å². The summed E-state index contributed by atoms with van der Waals surface area (Å²) in [5.41, 5.74) is -1.78. The Morgan fingerprint density at radius 1 is 1.14 bits per heavy atom. The van der Waals surface area contributed by atoms with Gasteiger partial charge in [0.05, 0.1) is 34.7 Å². The Balaban J connectivity index is 1.76. The van der Waals surface area contributed by atoms with Crippen LogP contribution in [0.3, 0.4) is 0 Å². The van der Waals surface area contributed by atoms with Crippen LogP contribution in [0, 0.1) is 12.7 Å². The number of nitrogens with zero attached hydrogens (tertiary/aromatic N) is 5. The lowest BCUT2D eigenvalue weighted by atomic mass is 9.98. The molecule has 188 valence electrons. The topological polar surface area (TPSA) is 76.2 Å². The average Bonchev–Trinajstić information content (AvgIpc) is 3.42. The van der Waals surface area contributed by atoms with Crippen molar-refractivity contribution in [2.75, 3.05) is 11.4 Å². The van der Waals surface area contributed by atoms with E-state index in [1.807, 2.05) is 13.8 Å². The van der Waals surface area contributed by atoms with Gasteiger partial charge in [-0.15, -0.1) is 0 Å². The van der Waals surface area contributed by atoms with Gasteiger partial charge in [0.25, 0.3) is 5.91 Å². The summed E-state index contributed by atoms with van der Waals surface area (Å²) in [5.74, 6) is -0.896. The van der Waals surface area contributed by atoms with E-state index in [2.05, 4.69) is 10.2 Å². The lowest BCUT2D eigenvalue weighted by Crippen LogP contribution is -2.33. The third-order valence-corrected chi connectivity index (χ3v) is 6.12. The SMILES string of the molecule is Cc1nn(C2CCN(c3cnn(-c4ccc(F)cc4)c3C(C)C)C2=O)c(C(C)(C)O)c1C(F)(F)F. The number of anilines is 1.